The molecule has 0 N–H and O–H groups in total. The number of halogens is 1. The van der Waals surface area contributed by atoms with E-state index in [1.54, 1.807) is 6.07 Å². The Labute approximate surface area is 194 Å². The minimum atomic E-state index is 0.0633. The average Bonchev–Trinajstić information content (AvgIpc) is 3.68. The van der Waals surface area contributed by atoms with Crippen LogP contribution in [-0.4, -0.2) is 47.6 Å². The molecule has 3 aliphatic carbocycles. The largest absolute Gasteiger partial charge is 0.419 e. The Kier molecular flexibility index (Phi) is 5.18. The standard InChI is InChI=1S/C22H23ClN6O2S/c23-17-4-2-1-3-16(17)21-26-24-18(31-21)11-28(14-7-8-14)19(30)12-32-22-27-25-20(13-5-6-13)29(22)15-9-10-15/h1-4,13-15H,5-12H2. The molecule has 10 heteroatoms. The number of carbonyl (C=O) groups is 1. The number of nitrogens with zero attached hydrogens (tertiary/aromatic N) is 6. The third-order valence-electron chi connectivity index (χ3n) is 6.05. The van der Waals surface area contributed by atoms with Gasteiger partial charge in [-0.05, 0) is 50.7 Å². The molecule has 32 heavy (non-hydrogen) atoms. The quantitative estimate of drug-likeness (QED) is 0.426. The Bertz CT molecular complexity index is 1150. The maximum Gasteiger partial charge on any atom is 0.249 e. The van der Waals surface area contributed by atoms with E-state index in [1.165, 1.54) is 37.4 Å². The van der Waals surface area contributed by atoms with Gasteiger partial charge in [0.15, 0.2) is 5.16 Å². The first kappa shape index (κ1) is 20.2. The molecule has 2 aromatic heterocycles. The first-order valence-electron chi connectivity index (χ1n) is 11.1. The third-order valence-corrected chi connectivity index (χ3v) is 7.31. The van der Waals surface area contributed by atoms with Crippen molar-refractivity contribution < 1.29 is 9.21 Å². The van der Waals surface area contributed by atoms with Crippen LogP contribution in [0.2, 0.25) is 5.02 Å². The highest BCUT2D eigenvalue weighted by Gasteiger charge is 2.37. The molecule has 0 unspecified atom stereocenters. The number of rotatable bonds is 9. The summed E-state index contributed by atoms with van der Waals surface area (Å²) in [4.78, 5) is 15.0. The van der Waals surface area contributed by atoms with Gasteiger partial charge in [0.05, 0.1) is 22.9 Å². The Hall–Kier alpha value is -2.39. The predicted octanol–water partition coefficient (Wildman–Crippen LogP) is 4.48. The van der Waals surface area contributed by atoms with Crippen molar-refractivity contribution in [2.45, 2.75) is 68.2 Å². The molecule has 0 spiro atoms. The lowest BCUT2D eigenvalue weighted by molar-refractivity contribution is -0.129. The Morgan fingerprint density at radius 3 is 2.62 bits per heavy atom. The third kappa shape index (κ3) is 4.15. The Balaban J connectivity index is 1.14. The van der Waals surface area contributed by atoms with Gasteiger partial charge in [0.2, 0.25) is 17.7 Å². The number of carbonyl (C=O) groups excluding carboxylic acids is 1. The molecule has 8 nitrogen and oxygen atoms in total. The lowest BCUT2D eigenvalue weighted by atomic mass is 10.2. The molecule has 166 valence electrons. The summed E-state index contributed by atoms with van der Waals surface area (Å²) >= 11 is 7.73. The molecule has 0 aliphatic heterocycles. The van der Waals surface area contributed by atoms with Crippen molar-refractivity contribution >= 4 is 29.3 Å². The zero-order chi connectivity index (χ0) is 21.7. The van der Waals surface area contributed by atoms with Gasteiger partial charge >= 0.3 is 0 Å². The molecule has 0 bridgehead atoms. The van der Waals surface area contributed by atoms with Gasteiger partial charge in [-0.1, -0.05) is 35.5 Å². The van der Waals surface area contributed by atoms with E-state index in [4.69, 9.17) is 16.0 Å². The molecule has 1 aromatic carbocycles. The summed E-state index contributed by atoms with van der Waals surface area (Å²) < 4.78 is 8.12. The monoisotopic (exact) mass is 470 g/mol. The van der Waals surface area contributed by atoms with E-state index < -0.39 is 0 Å². The van der Waals surface area contributed by atoms with E-state index in [9.17, 15) is 4.79 Å². The number of amides is 1. The second-order valence-corrected chi connectivity index (χ2v) is 10.1. The van der Waals surface area contributed by atoms with Crippen LogP contribution in [0.25, 0.3) is 11.5 Å². The van der Waals surface area contributed by atoms with Crippen LogP contribution < -0.4 is 0 Å². The number of benzene rings is 1. The molecular formula is C22H23ClN6O2S. The molecule has 0 atom stereocenters. The fourth-order valence-electron chi connectivity index (χ4n) is 3.91. The lowest BCUT2D eigenvalue weighted by Gasteiger charge is -2.20. The number of hydrogen-bond donors (Lipinski definition) is 0. The minimum absolute atomic E-state index is 0.0633. The number of thioether (sulfide) groups is 1. The van der Waals surface area contributed by atoms with Gasteiger partial charge in [-0.2, -0.15) is 0 Å². The van der Waals surface area contributed by atoms with Gasteiger partial charge in [0.1, 0.15) is 5.82 Å². The van der Waals surface area contributed by atoms with Crippen LogP contribution in [0.15, 0.2) is 33.8 Å². The fraction of sp³-hybridized carbons (Fsp3) is 0.500. The van der Waals surface area contributed by atoms with Crippen LogP contribution >= 0.6 is 23.4 Å². The smallest absolute Gasteiger partial charge is 0.249 e. The van der Waals surface area contributed by atoms with Gasteiger partial charge in [-0.3, -0.25) is 4.79 Å². The van der Waals surface area contributed by atoms with E-state index in [1.807, 2.05) is 23.1 Å². The highest BCUT2D eigenvalue weighted by molar-refractivity contribution is 7.99. The minimum Gasteiger partial charge on any atom is -0.419 e. The van der Waals surface area contributed by atoms with Crippen LogP contribution in [0.3, 0.4) is 0 Å². The summed E-state index contributed by atoms with van der Waals surface area (Å²) in [5, 5.41) is 18.6. The first-order valence-corrected chi connectivity index (χ1v) is 12.5. The van der Waals surface area contributed by atoms with Crippen LogP contribution in [-0.2, 0) is 11.3 Å². The summed E-state index contributed by atoms with van der Waals surface area (Å²) in [6, 6.07) is 8.10. The van der Waals surface area contributed by atoms with E-state index in [-0.39, 0.29) is 11.9 Å². The maximum atomic E-state index is 13.1. The van der Waals surface area contributed by atoms with E-state index in [2.05, 4.69) is 25.0 Å². The van der Waals surface area contributed by atoms with Crippen molar-refractivity contribution in [1.29, 1.82) is 0 Å². The topological polar surface area (TPSA) is 89.9 Å². The van der Waals surface area contributed by atoms with Gasteiger partial charge < -0.3 is 13.9 Å². The van der Waals surface area contributed by atoms with Crippen molar-refractivity contribution in [3.63, 3.8) is 0 Å². The highest BCUT2D eigenvalue weighted by Crippen LogP contribution is 2.46. The van der Waals surface area contributed by atoms with Crippen LogP contribution in [0.4, 0.5) is 0 Å². The number of hydrogen-bond acceptors (Lipinski definition) is 7. The van der Waals surface area contributed by atoms with E-state index >= 15 is 0 Å². The highest BCUT2D eigenvalue weighted by atomic mass is 35.5. The first-order chi connectivity index (χ1) is 15.7. The molecule has 3 aliphatic rings. The van der Waals surface area contributed by atoms with E-state index in [0.717, 1.165) is 23.8 Å². The summed E-state index contributed by atoms with van der Waals surface area (Å²) in [6.07, 6.45) is 6.77. The van der Waals surface area contributed by atoms with Gasteiger partial charge in [0.25, 0.3) is 0 Å². The van der Waals surface area contributed by atoms with Gasteiger partial charge in [-0.25, -0.2) is 0 Å². The normalized spacial score (nSPS) is 18.2. The predicted molar refractivity (Wildman–Crippen MR) is 119 cm³/mol. The molecule has 6 rings (SSSR count). The zero-order valence-electron chi connectivity index (χ0n) is 17.5. The number of aromatic nitrogens is 5. The Morgan fingerprint density at radius 1 is 1.09 bits per heavy atom. The molecular weight excluding hydrogens is 448 g/mol. The summed E-state index contributed by atoms with van der Waals surface area (Å²) in [6.45, 7) is 0.310. The molecule has 3 aromatic rings. The molecule has 3 saturated carbocycles. The molecule has 0 saturated heterocycles. The summed E-state index contributed by atoms with van der Waals surface area (Å²) in [5.74, 6) is 2.85. The second-order valence-electron chi connectivity index (χ2n) is 8.74. The SMILES string of the molecule is O=C(CSc1nnc(C2CC2)n1C1CC1)N(Cc1nnc(-c2ccccc2Cl)o1)C1CC1. The maximum absolute atomic E-state index is 13.1. The second kappa shape index (κ2) is 8.19. The zero-order valence-corrected chi connectivity index (χ0v) is 19.1. The average molecular weight is 471 g/mol. The van der Waals surface area contributed by atoms with Crippen molar-refractivity contribution in [2.24, 2.45) is 0 Å². The van der Waals surface area contributed by atoms with Crippen LogP contribution in [0.1, 0.15) is 62.2 Å². The molecule has 3 fully saturated rings. The van der Waals surface area contributed by atoms with Gasteiger partial charge in [-0.15, -0.1) is 20.4 Å². The van der Waals surface area contributed by atoms with Crippen molar-refractivity contribution in [3.05, 3.63) is 41.0 Å². The van der Waals surface area contributed by atoms with Crippen molar-refractivity contribution in [2.75, 3.05) is 5.75 Å². The van der Waals surface area contributed by atoms with Crippen LogP contribution in [0, 0.1) is 0 Å². The summed E-state index contributed by atoms with van der Waals surface area (Å²) in [7, 11) is 0. The lowest BCUT2D eigenvalue weighted by Crippen LogP contribution is -2.34. The van der Waals surface area contributed by atoms with Gasteiger partial charge in [0, 0.05) is 18.0 Å². The molecule has 2 heterocycles. The summed E-state index contributed by atoms with van der Waals surface area (Å²) in [5.41, 5.74) is 0.693. The van der Waals surface area contributed by atoms with E-state index in [0.29, 0.717) is 46.6 Å². The Morgan fingerprint density at radius 2 is 1.91 bits per heavy atom. The van der Waals surface area contributed by atoms with Crippen LogP contribution in [0.5, 0.6) is 0 Å². The van der Waals surface area contributed by atoms with Crippen molar-refractivity contribution in [3.8, 4) is 11.5 Å². The van der Waals surface area contributed by atoms with Crippen molar-refractivity contribution in [1.82, 2.24) is 29.9 Å². The molecule has 0 radical (unpaired) electrons. The molecule has 1 amide bonds. The fourth-order valence-corrected chi connectivity index (χ4v) is 5.02.